The monoisotopic (exact) mass is 229 g/mol. The molecule has 0 aliphatic carbocycles. The molecular weight excluding hydrogens is 206 g/mol. The Morgan fingerprint density at radius 3 is 2.62 bits per heavy atom. The third kappa shape index (κ3) is 3.43. The molecular formula is C11H23N3O2. The molecule has 3 unspecified atom stereocenters. The van der Waals surface area contributed by atoms with Gasteiger partial charge in [0.05, 0.1) is 0 Å². The van der Waals surface area contributed by atoms with Gasteiger partial charge in [0, 0.05) is 25.7 Å². The van der Waals surface area contributed by atoms with Crippen LogP contribution >= 0.6 is 0 Å². The molecule has 0 bridgehead atoms. The third-order valence-electron chi connectivity index (χ3n) is 3.39. The zero-order valence-corrected chi connectivity index (χ0v) is 10.4. The molecule has 0 aromatic heterocycles. The highest BCUT2D eigenvalue weighted by molar-refractivity contribution is 5.72. The first-order chi connectivity index (χ1) is 7.41. The summed E-state index contributed by atoms with van der Waals surface area (Å²) < 4.78 is 0. The molecule has 0 radical (unpaired) electrons. The van der Waals surface area contributed by atoms with Crippen LogP contribution in [0.25, 0.3) is 0 Å². The Hall–Kier alpha value is -0.650. The van der Waals surface area contributed by atoms with E-state index in [0.717, 1.165) is 19.6 Å². The lowest BCUT2D eigenvalue weighted by Gasteiger charge is -2.22. The average molecular weight is 229 g/mol. The molecule has 94 valence electrons. The zero-order valence-electron chi connectivity index (χ0n) is 10.4. The third-order valence-corrected chi connectivity index (χ3v) is 3.39. The highest BCUT2D eigenvalue weighted by atomic mass is 16.4. The van der Waals surface area contributed by atoms with Crippen molar-refractivity contribution in [2.45, 2.75) is 25.4 Å². The van der Waals surface area contributed by atoms with Crippen LogP contribution in [0.1, 0.15) is 13.3 Å². The van der Waals surface area contributed by atoms with E-state index in [1.54, 1.807) is 0 Å². The normalized spacial score (nSPS) is 28.6. The Balaban J connectivity index is 2.33. The molecule has 1 saturated heterocycles. The molecule has 0 amide bonds. The Bertz CT molecular complexity index is 245. The lowest BCUT2D eigenvalue weighted by atomic mass is 10.1. The predicted octanol–water partition coefficient (Wildman–Crippen LogP) is -0.330. The number of rotatable bonds is 5. The second kappa shape index (κ2) is 5.61. The molecule has 1 aliphatic rings. The van der Waals surface area contributed by atoms with Gasteiger partial charge < -0.3 is 20.6 Å². The molecule has 1 fully saturated rings. The van der Waals surface area contributed by atoms with E-state index in [1.807, 2.05) is 0 Å². The van der Waals surface area contributed by atoms with Crippen molar-refractivity contribution in [2.24, 2.45) is 11.7 Å². The fourth-order valence-electron chi connectivity index (χ4n) is 2.35. The lowest BCUT2D eigenvalue weighted by molar-refractivity contribution is -0.138. The van der Waals surface area contributed by atoms with E-state index in [1.165, 1.54) is 0 Å². The van der Waals surface area contributed by atoms with Gasteiger partial charge in [0.1, 0.15) is 6.04 Å². The van der Waals surface area contributed by atoms with Gasteiger partial charge in [0.2, 0.25) is 0 Å². The summed E-state index contributed by atoms with van der Waals surface area (Å²) in [6, 6.07) is -0.158. The van der Waals surface area contributed by atoms with Crippen molar-refractivity contribution in [3.63, 3.8) is 0 Å². The Morgan fingerprint density at radius 1 is 1.56 bits per heavy atom. The number of hydrogen-bond acceptors (Lipinski definition) is 4. The molecule has 5 nitrogen and oxygen atoms in total. The van der Waals surface area contributed by atoms with Crippen LogP contribution in [-0.4, -0.2) is 66.7 Å². The SMILES string of the molecule is CC1CN(CCC(N)C(=O)O)CC1N(C)C. The van der Waals surface area contributed by atoms with E-state index >= 15 is 0 Å². The summed E-state index contributed by atoms with van der Waals surface area (Å²) in [5.74, 6) is -0.271. The topological polar surface area (TPSA) is 69.8 Å². The summed E-state index contributed by atoms with van der Waals surface area (Å²) in [5.41, 5.74) is 5.49. The maximum atomic E-state index is 10.6. The maximum Gasteiger partial charge on any atom is 0.320 e. The van der Waals surface area contributed by atoms with Gasteiger partial charge in [-0.15, -0.1) is 0 Å². The summed E-state index contributed by atoms with van der Waals surface area (Å²) in [7, 11) is 4.18. The van der Waals surface area contributed by atoms with Gasteiger partial charge in [0.25, 0.3) is 0 Å². The van der Waals surface area contributed by atoms with Gasteiger partial charge in [-0.3, -0.25) is 4.79 Å². The molecule has 1 rings (SSSR count). The van der Waals surface area contributed by atoms with Gasteiger partial charge in [-0.05, 0) is 26.4 Å². The Labute approximate surface area is 97.2 Å². The van der Waals surface area contributed by atoms with Crippen LogP contribution in [0.3, 0.4) is 0 Å². The standard InChI is InChI=1S/C11H23N3O2/c1-8-6-14(7-10(8)13(2)3)5-4-9(12)11(15)16/h8-10H,4-7,12H2,1-3H3,(H,15,16). The molecule has 5 heteroatoms. The van der Waals surface area contributed by atoms with Crippen molar-refractivity contribution < 1.29 is 9.90 Å². The molecule has 0 aromatic carbocycles. The number of nitrogens with two attached hydrogens (primary N) is 1. The van der Waals surface area contributed by atoms with E-state index in [0.29, 0.717) is 18.4 Å². The van der Waals surface area contributed by atoms with Gasteiger partial charge in [-0.1, -0.05) is 6.92 Å². The van der Waals surface area contributed by atoms with E-state index in [4.69, 9.17) is 10.8 Å². The summed E-state index contributed by atoms with van der Waals surface area (Å²) in [4.78, 5) is 15.1. The summed E-state index contributed by atoms with van der Waals surface area (Å²) >= 11 is 0. The van der Waals surface area contributed by atoms with E-state index in [-0.39, 0.29) is 0 Å². The van der Waals surface area contributed by atoms with E-state index in [2.05, 4.69) is 30.8 Å². The van der Waals surface area contributed by atoms with Crippen LogP contribution in [0, 0.1) is 5.92 Å². The first-order valence-corrected chi connectivity index (χ1v) is 5.79. The number of likely N-dealkylation sites (N-methyl/N-ethyl adjacent to an activating group) is 1. The van der Waals surface area contributed by atoms with Gasteiger partial charge in [-0.25, -0.2) is 0 Å². The van der Waals surface area contributed by atoms with Gasteiger partial charge in [0.15, 0.2) is 0 Å². The second-order valence-corrected chi connectivity index (χ2v) is 5.00. The van der Waals surface area contributed by atoms with Gasteiger partial charge >= 0.3 is 5.97 Å². The minimum atomic E-state index is -0.906. The first-order valence-electron chi connectivity index (χ1n) is 5.79. The van der Waals surface area contributed by atoms with Crippen molar-refractivity contribution in [1.82, 2.24) is 9.80 Å². The summed E-state index contributed by atoms with van der Waals surface area (Å²) in [6.45, 7) is 5.07. The summed E-state index contributed by atoms with van der Waals surface area (Å²) in [5, 5.41) is 8.70. The number of aliphatic carboxylic acids is 1. The highest BCUT2D eigenvalue weighted by Crippen LogP contribution is 2.19. The van der Waals surface area contributed by atoms with Crippen molar-refractivity contribution in [2.75, 3.05) is 33.7 Å². The average Bonchev–Trinajstić information content (AvgIpc) is 2.56. The smallest absolute Gasteiger partial charge is 0.320 e. The molecule has 3 atom stereocenters. The van der Waals surface area contributed by atoms with Crippen molar-refractivity contribution in [3.05, 3.63) is 0 Å². The molecule has 16 heavy (non-hydrogen) atoms. The summed E-state index contributed by atoms with van der Waals surface area (Å²) in [6.07, 6.45) is 0.530. The van der Waals surface area contributed by atoms with Crippen LogP contribution in [0.2, 0.25) is 0 Å². The number of carboxylic acids is 1. The minimum Gasteiger partial charge on any atom is -0.480 e. The minimum absolute atomic E-state index is 0.530. The largest absolute Gasteiger partial charge is 0.480 e. The Kier molecular flexibility index (Phi) is 4.70. The number of hydrogen-bond donors (Lipinski definition) is 2. The fraction of sp³-hybridized carbons (Fsp3) is 0.909. The number of carboxylic acid groups (broad SMARTS) is 1. The quantitative estimate of drug-likeness (QED) is 0.675. The predicted molar refractivity (Wildman–Crippen MR) is 63.3 cm³/mol. The number of likely N-dealkylation sites (tertiary alicyclic amines) is 1. The lowest BCUT2D eigenvalue weighted by Crippen LogP contribution is -2.37. The van der Waals surface area contributed by atoms with Crippen molar-refractivity contribution >= 4 is 5.97 Å². The molecule has 0 aromatic rings. The van der Waals surface area contributed by atoms with Crippen molar-refractivity contribution in [3.8, 4) is 0 Å². The first kappa shape index (κ1) is 13.4. The van der Waals surface area contributed by atoms with Gasteiger partial charge in [-0.2, -0.15) is 0 Å². The fourth-order valence-corrected chi connectivity index (χ4v) is 2.35. The molecule has 0 spiro atoms. The molecule has 1 heterocycles. The number of carbonyl (C=O) groups is 1. The Morgan fingerprint density at radius 2 is 2.19 bits per heavy atom. The highest BCUT2D eigenvalue weighted by Gasteiger charge is 2.30. The van der Waals surface area contributed by atoms with Crippen LogP contribution in [0.5, 0.6) is 0 Å². The van der Waals surface area contributed by atoms with E-state index < -0.39 is 12.0 Å². The molecule has 3 N–H and O–H groups in total. The van der Waals surface area contributed by atoms with Crippen LogP contribution < -0.4 is 5.73 Å². The molecule has 0 saturated carbocycles. The maximum absolute atomic E-state index is 10.6. The van der Waals surface area contributed by atoms with Crippen LogP contribution in [0.4, 0.5) is 0 Å². The van der Waals surface area contributed by atoms with Crippen LogP contribution in [-0.2, 0) is 4.79 Å². The second-order valence-electron chi connectivity index (χ2n) is 5.00. The zero-order chi connectivity index (χ0) is 12.3. The van der Waals surface area contributed by atoms with E-state index in [9.17, 15) is 4.79 Å². The molecule has 1 aliphatic heterocycles. The van der Waals surface area contributed by atoms with Crippen LogP contribution in [0.15, 0.2) is 0 Å². The van der Waals surface area contributed by atoms with Crippen molar-refractivity contribution in [1.29, 1.82) is 0 Å². The number of nitrogens with zero attached hydrogens (tertiary/aromatic N) is 2.